The third-order valence-corrected chi connectivity index (χ3v) is 28.1. The van der Waals surface area contributed by atoms with Crippen LogP contribution in [0.15, 0.2) is 24.3 Å². The van der Waals surface area contributed by atoms with Crippen LogP contribution < -0.4 is 0 Å². The van der Waals surface area contributed by atoms with E-state index in [0.29, 0.717) is 37.6 Å². The molecule has 9 nitrogen and oxygen atoms in total. The maximum Gasteiger partial charge on any atom is 0.308 e. The van der Waals surface area contributed by atoms with Crippen LogP contribution in [-0.4, -0.2) is 97.8 Å². The molecule has 0 spiro atoms. The Morgan fingerprint density at radius 3 is 1.14 bits per heavy atom. The number of hydrogen-bond acceptors (Lipinski definition) is 10. The van der Waals surface area contributed by atoms with Gasteiger partial charge in [0.25, 0.3) is 0 Å². The molecule has 0 aromatic rings. The van der Waals surface area contributed by atoms with Crippen LogP contribution in [0.3, 0.4) is 0 Å². The summed E-state index contributed by atoms with van der Waals surface area (Å²) in [7, 11) is -6.43. The van der Waals surface area contributed by atoms with Gasteiger partial charge in [-0.1, -0.05) is 246 Å². The van der Waals surface area contributed by atoms with E-state index in [2.05, 4.69) is 140 Å². The number of thioether (sulfide) groups is 1. The molecule has 0 unspecified atom stereocenters. The van der Waals surface area contributed by atoms with Gasteiger partial charge in [0.15, 0.2) is 26.9 Å². The fraction of sp³-hybridized carbons (Fsp3) is 0.871. The first-order chi connectivity index (χ1) is 35.7. The highest BCUT2D eigenvalue weighted by Crippen LogP contribution is 2.39. The first-order valence-corrected chi connectivity index (χ1v) is 45.4. The van der Waals surface area contributed by atoms with Gasteiger partial charge in [-0.2, -0.15) is 0 Å². The Morgan fingerprint density at radius 1 is 0.506 bits per heavy atom. The van der Waals surface area contributed by atoms with Gasteiger partial charge in [0.2, 0.25) is 0 Å². The number of unbranched alkanes of at least 4 members (excludes halogenated alkanes) is 18. The highest BCUT2D eigenvalue weighted by molar-refractivity contribution is 8.13. The molecule has 0 aliphatic heterocycles. The van der Waals surface area contributed by atoms with Crippen molar-refractivity contribution in [3.8, 4) is 0 Å². The van der Waals surface area contributed by atoms with Crippen LogP contribution >= 0.6 is 24.4 Å². The van der Waals surface area contributed by atoms with Crippen molar-refractivity contribution in [2.75, 3.05) is 25.6 Å². The molecule has 0 amide bonds. The molecule has 1 N–H and O–H groups in total. The van der Waals surface area contributed by atoms with Crippen LogP contribution in [0.4, 0.5) is 0 Å². The number of thiol groups is 1. The van der Waals surface area contributed by atoms with E-state index < -0.39 is 32.8 Å². The summed E-state index contributed by atoms with van der Waals surface area (Å²) in [5, 5.41) is 9.43. The Kier molecular flexibility index (Phi) is 48.7. The maximum atomic E-state index is 12.5. The Morgan fingerprint density at radius 2 is 0.831 bits per heavy atom. The zero-order valence-electron chi connectivity index (χ0n) is 53.7. The first-order valence-electron chi connectivity index (χ1n) is 30.7. The molecule has 0 rings (SSSR count). The van der Waals surface area contributed by atoms with E-state index in [1.807, 2.05) is 18.2 Å². The SMILES string of the molecule is CC(C)(C)[Si](C)(C)O[C@H](/C=C/CCO)CC(=O)OCC[Si](C)(C)C.CCCCCCCCCCCCC(=O)S.CCCCCCCCCCCCC(=O)SCC/C=C/[C@H](CC(=O)OCC[Si](C)(C)C)O[Si](C)(C)C(C)(C)C. The second-order valence-electron chi connectivity index (χ2n) is 26.9. The molecule has 0 heterocycles. The average Bonchev–Trinajstić information content (AvgIpc) is 3.28. The first kappa shape index (κ1) is 80.4. The predicted octanol–water partition coefficient (Wildman–Crippen LogP) is 19.5. The molecular weight excluding hydrogens is 1070 g/mol. The fourth-order valence-electron chi connectivity index (χ4n) is 7.20. The lowest BCUT2D eigenvalue weighted by atomic mass is 10.1. The quantitative estimate of drug-likeness (QED) is 0.0200. The third kappa shape index (κ3) is 54.2. The van der Waals surface area contributed by atoms with Crippen molar-refractivity contribution in [2.45, 2.75) is 322 Å². The minimum absolute atomic E-state index is 0.0366. The Balaban J connectivity index is -0.00000119. The molecule has 0 bridgehead atoms. The summed E-state index contributed by atoms with van der Waals surface area (Å²) in [5.74, 6) is 0.392. The second-order valence-corrected chi connectivity index (χ2v) is 49.3. The number of hydrogen-bond donors (Lipinski definition) is 2. The molecular formula is C62H126O9S2Si4. The zero-order valence-corrected chi connectivity index (χ0v) is 59.4. The summed E-state index contributed by atoms with van der Waals surface area (Å²) in [6.45, 7) is 41.2. The van der Waals surface area contributed by atoms with E-state index in [0.717, 1.165) is 37.1 Å². The Bertz CT molecular complexity index is 1550. The molecule has 0 saturated carbocycles. The monoisotopic (exact) mass is 1190 g/mol. The molecule has 2 atom stereocenters. The van der Waals surface area contributed by atoms with E-state index in [1.165, 1.54) is 127 Å². The number of allylic oxidation sites excluding steroid dienone is 1. The molecule has 0 aliphatic rings. The summed E-state index contributed by atoms with van der Waals surface area (Å²) in [4.78, 5) is 47.5. The van der Waals surface area contributed by atoms with Crippen molar-refractivity contribution in [2.24, 2.45) is 0 Å². The highest BCUT2D eigenvalue weighted by atomic mass is 32.2. The highest BCUT2D eigenvalue weighted by Gasteiger charge is 2.40. The molecule has 0 aliphatic carbocycles. The number of carbonyl (C=O) groups excluding carboxylic acids is 4. The molecule has 77 heavy (non-hydrogen) atoms. The van der Waals surface area contributed by atoms with Crippen molar-refractivity contribution in [1.82, 2.24) is 0 Å². The number of esters is 2. The topological polar surface area (TPSA) is 125 Å². The summed E-state index contributed by atoms with van der Waals surface area (Å²) >= 11 is 5.19. The molecule has 0 saturated heterocycles. The van der Waals surface area contributed by atoms with Crippen LogP contribution in [0, 0.1) is 0 Å². The van der Waals surface area contributed by atoms with E-state index in [9.17, 15) is 19.2 Å². The third-order valence-electron chi connectivity index (χ3n) is 14.5. The van der Waals surface area contributed by atoms with Crippen LogP contribution in [0.2, 0.25) is 87.6 Å². The van der Waals surface area contributed by atoms with Crippen molar-refractivity contribution in [1.29, 1.82) is 0 Å². The van der Waals surface area contributed by atoms with Gasteiger partial charge in [-0.3, -0.25) is 19.2 Å². The summed E-state index contributed by atoms with van der Waals surface area (Å²) in [6.07, 6.45) is 36.6. The van der Waals surface area contributed by atoms with E-state index >= 15 is 0 Å². The lowest BCUT2D eigenvalue weighted by Crippen LogP contribution is -2.44. The molecule has 456 valence electrons. The van der Waals surface area contributed by atoms with Crippen LogP contribution in [0.5, 0.6) is 0 Å². The van der Waals surface area contributed by atoms with Gasteiger partial charge in [0.1, 0.15) is 0 Å². The van der Waals surface area contributed by atoms with Gasteiger partial charge < -0.3 is 23.4 Å². The molecule has 0 fully saturated rings. The van der Waals surface area contributed by atoms with Gasteiger partial charge in [0.05, 0.1) is 38.3 Å². The predicted molar refractivity (Wildman–Crippen MR) is 351 cm³/mol. The molecule has 15 heteroatoms. The van der Waals surface area contributed by atoms with E-state index in [4.69, 9.17) is 23.4 Å². The van der Waals surface area contributed by atoms with Crippen molar-refractivity contribution in [3.63, 3.8) is 0 Å². The minimum atomic E-state index is -2.03. The Labute approximate surface area is 491 Å². The molecule has 0 aromatic carbocycles. The number of rotatable bonds is 43. The minimum Gasteiger partial charge on any atom is -0.466 e. The standard InChI is InChI=1S/C31H62O4SSi2.C18H38O4Si2.C13H26OS/c1-10-11-12-13-14-15-16-17-18-19-23-30(33)36-25-21-20-22-28(35-38(8,9)31(2,3)4)27-29(32)34-24-26-37(5,6)7;1-18(2,3)24(7,8)22-16(11-9-10-12-19)15-17(20)21-13-14-23(4,5)6;1-2-3-4-5-6-7-8-9-10-11-12-13(14)15/h20,22,28H,10-19,21,23-27H2,1-9H3;9,11,16,19H,10,12-15H2,1-8H3;2-12H2,1H3,(H,14,15)/b22-20+;11-9+;/t28-;16-;/m11./s1. The van der Waals surface area contributed by atoms with Crippen molar-refractivity contribution in [3.05, 3.63) is 24.3 Å². The summed E-state index contributed by atoms with van der Waals surface area (Å²) in [5.41, 5.74) is 0. The number of aliphatic hydroxyl groups excluding tert-OH is 1. The van der Waals surface area contributed by atoms with Crippen LogP contribution in [0.1, 0.15) is 222 Å². The fourth-order valence-corrected chi connectivity index (χ4v) is 12.1. The van der Waals surface area contributed by atoms with E-state index in [-0.39, 0.29) is 58.8 Å². The summed E-state index contributed by atoms with van der Waals surface area (Å²) < 4.78 is 23.8. The van der Waals surface area contributed by atoms with Gasteiger partial charge in [0, 0.05) is 41.3 Å². The molecule has 0 radical (unpaired) electrons. The average molecular weight is 1190 g/mol. The second kappa shape index (κ2) is 46.7. The lowest BCUT2D eigenvalue weighted by Gasteiger charge is -2.38. The number of carbonyl (C=O) groups is 4. The van der Waals surface area contributed by atoms with Crippen LogP contribution in [-0.2, 0) is 37.5 Å². The number of ether oxygens (including phenoxy) is 2. The van der Waals surface area contributed by atoms with E-state index in [1.54, 1.807) is 0 Å². The van der Waals surface area contributed by atoms with Crippen LogP contribution in [0.25, 0.3) is 0 Å². The van der Waals surface area contributed by atoms with Crippen molar-refractivity contribution >= 4 is 79.3 Å². The lowest BCUT2D eigenvalue weighted by molar-refractivity contribution is -0.145. The smallest absolute Gasteiger partial charge is 0.308 e. The zero-order chi connectivity index (χ0) is 59.5. The van der Waals surface area contributed by atoms with Gasteiger partial charge in [-0.25, -0.2) is 0 Å². The summed E-state index contributed by atoms with van der Waals surface area (Å²) in [6, 6.07) is 1.96. The normalized spacial score (nSPS) is 13.5. The van der Waals surface area contributed by atoms with Gasteiger partial charge >= 0.3 is 11.9 Å². The molecule has 0 aromatic heterocycles. The van der Waals surface area contributed by atoms with Crippen molar-refractivity contribution < 1.29 is 42.6 Å². The number of aliphatic hydroxyl groups is 1. The largest absolute Gasteiger partial charge is 0.466 e. The van der Waals surface area contributed by atoms with Gasteiger partial charge in [-0.15, -0.1) is 12.6 Å². The Hall–Kier alpha value is -0.792. The maximum absolute atomic E-state index is 12.5. The van der Waals surface area contributed by atoms with Gasteiger partial charge in [-0.05, 0) is 74.0 Å².